The minimum absolute atomic E-state index is 0. The molecule has 0 radical (unpaired) electrons. The number of likely N-dealkylation sites (tertiary alicyclic amines) is 1. The number of nitrogens with zero attached hydrogens (tertiary/aromatic N) is 3. The Hall–Kier alpha value is -0.340. The molecule has 0 saturated carbocycles. The third kappa shape index (κ3) is 7.39. The lowest BCUT2D eigenvalue weighted by molar-refractivity contribution is 0.0315. The lowest BCUT2D eigenvalue weighted by atomic mass is 10.1. The maximum Gasteiger partial charge on any atom is 0.193 e. The van der Waals surface area contributed by atoms with Crippen LogP contribution >= 0.6 is 24.0 Å². The summed E-state index contributed by atoms with van der Waals surface area (Å²) >= 11 is 0. The van der Waals surface area contributed by atoms with Gasteiger partial charge in [-0.1, -0.05) is 12.2 Å². The fourth-order valence-electron chi connectivity index (χ4n) is 3.16. The summed E-state index contributed by atoms with van der Waals surface area (Å²) in [4.78, 5) is 9.75. The summed E-state index contributed by atoms with van der Waals surface area (Å²) in [6.07, 6.45) is 6.57. The van der Waals surface area contributed by atoms with Crippen molar-refractivity contribution in [3.05, 3.63) is 12.2 Å². The first-order chi connectivity index (χ1) is 10.8. The minimum Gasteiger partial charge on any atom is -0.379 e. The Kier molecular flexibility index (Phi) is 10.9. The highest BCUT2D eigenvalue weighted by atomic mass is 127. The first-order valence-corrected chi connectivity index (χ1v) is 8.78. The number of morpholine rings is 1. The van der Waals surface area contributed by atoms with Gasteiger partial charge in [-0.15, -0.1) is 24.0 Å². The van der Waals surface area contributed by atoms with E-state index in [1.807, 2.05) is 0 Å². The van der Waals surface area contributed by atoms with E-state index in [-0.39, 0.29) is 24.0 Å². The van der Waals surface area contributed by atoms with Gasteiger partial charge in [-0.05, 0) is 32.6 Å². The van der Waals surface area contributed by atoms with Crippen molar-refractivity contribution in [2.45, 2.75) is 26.7 Å². The highest BCUT2D eigenvalue weighted by Gasteiger charge is 2.26. The molecule has 5 nitrogen and oxygen atoms in total. The second kappa shape index (κ2) is 12.1. The van der Waals surface area contributed by atoms with E-state index in [0.29, 0.717) is 0 Å². The topological polar surface area (TPSA) is 40.1 Å². The van der Waals surface area contributed by atoms with Gasteiger partial charge >= 0.3 is 0 Å². The molecule has 2 heterocycles. The van der Waals surface area contributed by atoms with E-state index in [4.69, 9.17) is 9.73 Å². The number of guanidine groups is 1. The molecule has 2 aliphatic rings. The molecular formula is C17H33IN4O. The zero-order valence-corrected chi connectivity index (χ0v) is 17.0. The fourth-order valence-corrected chi connectivity index (χ4v) is 3.16. The first-order valence-electron chi connectivity index (χ1n) is 8.78. The lowest BCUT2D eigenvalue weighted by Gasteiger charge is -2.29. The van der Waals surface area contributed by atoms with Gasteiger partial charge in [0.25, 0.3) is 0 Å². The highest BCUT2D eigenvalue weighted by Crippen LogP contribution is 2.18. The van der Waals surface area contributed by atoms with Crippen LogP contribution in [0.4, 0.5) is 0 Å². The largest absolute Gasteiger partial charge is 0.379 e. The van der Waals surface area contributed by atoms with Crippen molar-refractivity contribution in [1.82, 2.24) is 15.1 Å². The second-order valence-corrected chi connectivity index (χ2v) is 6.11. The number of halogens is 1. The zero-order chi connectivity index (χ0) is 15.6. The van der Waals surface area contributed by atoms with Crippen LogP contribution in [-0.2, 0) is 4.74 Å². The molecule has 0 spiro atoms. The van der Waals surface area contributed by atoms with Crippen LogP contribution in [0.2, 0.25) is 0 Å². The summed E-state index contributed by atoms with van der Waals surface area (Å²) in [5, 5.41) is 3.44. The van der Waals surface area contributed by atoms with Crippen molar-refractivity contribution in [3.63, 3.8) is 0 Å². The molecule has 134 valence electrons. The van der Waals surface area contributed by atoms with Gasteiger partial charge in [0.1, 0.15) is 0 Å². The van der Waals surface area contributed by atoms with Crippen molar-refractivity contribution in [3.8, 4) is 0 Å². The number of hydrogen-bond acceptors (Lipinski definition) is 3. The molecule has 0 aromatic carbocycles. The number of hydrogen-bond donors (Lipinski definition) is 1. The molecule has 23 heavy (non-hydrogen) atoms. The van der Waals surface area contributed by atoms with Gasteiger partial charge in [0.2, 0.25) is 0 Å². The van der Waals surface area contributed by atoms with Crippen molar-refractivity contribution < 1.29 is 4.74 Å². The van der Waals surface area contributed by atoms with Crippen molar-refractivity contribution in [2.24, 2.45) is 10.9 Å². The van der Waals surface area contributed by atoms with Crippen LogP contribution in [0.3, 0.4) is 0 Å². The average Bonchev–Trinajstić information content (AvgIpc) is 3.00. The standard InChI is InChI=1S/C17H32N4O.HI/c1-3-5-6-8-19-17(18-4-2)21-9-7-16(15-21)14-20-10-12-22-13-11-20;/h3,5,16H,4,6-15H2,1-2H3,(H,18,19);1H. The second-order valence-electron chi connectivity index (χ2n) is 6.11. The smallest absolute Gasteiger partial charge is 0.193 e. The Labute approximate surface area is 158 Å². The molecule has 2 rings (SSSR count). The molecule has 6 heteroatoms. The van der Waals surface area contributed by atoms with E-state index in [1.54, 1.807) is 0 Å². The van der Waals surface area contributed by atoms with Crippen LogP contribution in [0, 0.1) is 5.92 Å². The summed E-state index contributed by atoms with van der Waals surface area (Å²) in [5.74, 6) is 1.86. The van der Waals surface area contributed by atoms with Crippen molar-refractivity contribution in [2.75, 3.05) is 59.0 Å². The van der Waals surface area contributed by atoms with Gasteiger partial charge in [0, 0.05) is 45.8 Å². The molecule has 2 fully saturated rings. The molecule has 0 bridgehead atoms. The van der Waals surface area contributed by atoms with Gasteiger partial charge in [0.15, 0.2) is 5.96 Å². The fraction of sp³-hybridized carbons (Fsp3) is 0.824. The minimum atomic E-state index is 0. The molecule has 0 aromatic heterocycles. The Bertz CT molecular complexity index is 370. The molecule has 1 atom stereocenters. The Morgan fingerprint density at radius 3 is 2.78 bits per heavy atom. The molecule has 0 amide bonds. The van der Waals surface area contributed by atoms with Crippen LogP contribution in [0.25, 0.3) is 0 Å². The van der Waals surface area contributed by atoms with Gasteiger partial charge in [-0.2, -0.15) is 0 Å². The molecule has 0 aromatic rings. The third-order valence-electron chi connectivity index (χ3n) is 4.33. The normalized spacial score (nSPS) is 23.3. The number of aliphatic imine (C=N–C) groups is 1. The lowest BCUT2D eigenvalue weighted by Crippen LogP contribution is -2.42. The first kappa shape index (κ1) is 20.7. The van der Waals surface area contributed by atoms with Gasteiger partial charge in [0.05, 0.1) is 13.2 Å². The molecule has 1 N–H and O–H groups in total. The number of allylic oxidation sites excluding steroid dienone is 1. The average molecular weight is 436 g/mol. The maximum absolute atomic E-state index is 5.43. The molecule has 2 saturated heterocycles. The van der Waals surface area contributed by atoms with Crippen molar-refractivity contribution >= 4 is 29.9 Å². The van der Waals surface area contributed by atoms with E-state index < -0.39 is 0 Å². The molecule has 1 unspecified atom stereocenters. The van der Waals surface area contributed by atoms with Gasteiger partial charge < -0.3 is 15.0 Å². The van der Waals surface area contributed by atoms with E-state index in [2.05, 4.69) is 41.1 Å². The van der Waals surface area contributed by atoms with E-state index in [9.17, 15) is 0 Å². The van der Waals surface area contributed by atoms with Gasteiger partial charge in [-0.25, -0.2) is 0 Å². The summed E-state index contributed by atoms with van der Waals surface area (Å²) in [6, 6.07) is 0. The quantitative estimate of drug-likeness (QED) is 0.228. The highest BCUT2D eigenvalue weighted by molar-refractivity contribution is 14.0. The predicted molar refractivity (Wildman–Crippen MR) is 108 cm³/mol. The van der Waals surface area contributed by atoms with Crippen LogP contribution in [-0.4, -0.2) is 74.8 Å². The third-order valence-corrected chi connectivity index (χ3v) is 4.33. The maximum atomic E-state index is 5.43. The van der Waals surface area contributed by atoms with Crippen LogP contribution in [0.1, 0.15) is 26.7 Å². The van der Waals surface area contributed by atoms with Crippen molar-refractivity contribution in [1.29, 1.82) is 0 Å². The number of nitrogens with one attached hydrogen (secondary N) is 1. The summed E-state index contributed by atoms with van der Waals surface area (Å²) in [7, 11) is 0. The molecular weight excluding hydrogens is 403 g/mol. The molecule has 0 aliphatic carbocycles. The van der Waals surface area contributed by atoms with Crippen LogP contribution in [0.15, 0.2) is 17.1 Å². The number of ether oxygens (including phenoxy) is 1. The Morgan fingerprint density at radius 2 is 2.09 bits per heavy atom. The SMILES string of the molecule is CC=CCCN=C(NCC)N1CCC(CN2CCOCC2)C1.I. The predicted octanol–water partition coefficient (Wildman–Crippen LogP) is 2.19. The summed E-state index contributed by atoms with van der Waals surface area (Å²) < 4.78 is 5.43. The monoisotopic (exact) mass is 436 g/mol. The van der Waals surface area contributed by atoms with Crippen LogP contribution < -0.4 is 5.32 Å². The van der Waals surface area contributed by atoms with E-state index in [0.717, 1.165) is 70.8 Å². The van der Waals surface area contributed by atoms with Crippen LogP contribution in [0.5, 0.6) is 0 Å². The summed E-state index contributed by atoms with van der Waals surface area (Å²) in [5.41, 5.74) is 0. The van der Waals surface area contributed by atoms with E-state index in [1.165, 1.54) is 13.0 Å². The summed E-state index contributed by atoms with van der Waals surface area (Å²) in [6.45, 7) is 13.5. The number of rotatable bonds is 6. The zero-order valence-electron chi connectivity index (χ0n) is 14.7. The van der Waals surface area contributed by atoms with E-state index >= 15 is 0 Å². The molecule has 2 aliphatic heterocycles. The van der Waals surface area contributed by atoms with Gasteiger partial charge in [-0.3, -0.25) is 9.89 Å². The Morgan fingerprint density at radius 1 is 1.30 bits per heavy atom. The Balaban J connectivity index is 0.00000264.